The summed E-state index contributed by atoms with van der Waals surface area (Å²) >= 11 is 1.78. The zero-order valence-corrected chi connectivity index (χ0v) is 19.8. The zero-order chi connectivity index (χ0) is 23.8. The first-order valence-electron chi connectivity index (χ1n) is 11.1. The first kappa shape index (κ1) is 25.1. The van der Waals surface area contributed by atoms with Gasteiger partial charge in [0, 0.05) is 43.1 Å². The highest BCUT2D eigenvalue weighted by molar-refractivity contribution is 7.98. The van der Waals surface area contributed by atoms with Crippen molar-refractivity contribution in [1.29, 1.82) is 0 Å². The Labute approximate surface area is 204 Å². The minimum Gasteiger partial charge on any atom is -0.484 e. The number of amides is 2. The Morgan fingerprint density at radius 2 is 1.79 bits per heavy atom. The highest BCUT2D eigenvalue weighted by Gasteiger charge is 2.04. The van der Waals surface area contributed by atoms with Crippen molar-refractivity contribution in [3.63, 3.8) is 0 Å². The number of aromatic nitrogens is 1. The van der Waals surface area contributed by atoms with Gasteiger partial charge in [0.1, 0.15) is 5.75 Å². The number of hydrogen-bond donors (Lipinski definition) is 2. The van der Waals surface area contributed by atoms with Crippen molar-refractivity contribution in [3.8, 4) is 5.75 Å². The molecule has 0 bridgehead atoms. The van der Waals surface area contributed by atoms with E-state index in [-0.39, 0.29) is 18.4 Å². The van der Waals surface area contributed by atoms with Crippen LogP contribution in [0.3, 0.4) is 0 Å². The molecule has 0 aliphatic heterocycles. The van der Waals surface area contributed by atoms with Crippen LogP contribution in [0, 0.1) is 0 Å². The van der Waals surface area contributed by atoms with Gasteiger partial charge in [-0.2, -0.15) is 11.8 Å². The van der Waals surface area contributed by atoms with E-state index in [1.54, 1.807) is 30.2 Å². The minimum absolute atomic E-state index is 0.0251. The van der Waals surface area contributed by atoms with Crippen LogP contribution >= 0.6 is 11.8 Å². The average Bonchev–Trinajstić information content (AvgIpc) is 2.87. The number of nitrogens with zero attached hydrogens (tertiary/aromatic N) is 1. The molecule has 6 nitrogen and oxygen atoms in total. The van der Waals surface area contributed by atoms with Gasteiger partial charge in [-0.3, -0.25) is 14.6 Å². The van der Waals surface area contributed by atoms with Gasteiger partial charge in [0.2, 0.25) is 5.91 Å². The molecule has 0 saturated carbocycles. The van der Waals surface area contributed by atoms with Crippen molar-refractivity contribution in [3.05, 3.63) is 102 Å². The molecule has 2 amide bonds. The number of ether oxygens (including phenoxy) is 1. The molecule has 3 rings (SSSR count). The largest absolute Gasteiger partial charge is 0.484 e. The van der Waals surface area contributed by atoms with Crippen LogP contribution in [-0.4, -0.2) is 42.2 Å². The summed E-state index contributed by atoms with van der Waals surface area (Å²) in [7, 11) is 0. The van der Waals surface area contributed by atoms with E-state index < -0.39 is 0 Å². The summed E-state index contributed by atoms with van der Waals surface area (Å²) in [5, 5.41) is 5.74. The number of benzene rings is 2. The Kier molecular flexibility index (Phi) is 10.7. The second kappa shape index (κ2) is 14.5. The van der Waals surface area contributed by atoms with Gasteiger partial charge in [0.05, 0.1) is 0 Å². The van der Waals surface area contributed by atoms with E-state index in [1.165, 1.54) is 11.6 Å². The second-order valence-corrected chi connectivity index (χ2v) is 8.59. The molecule has 0 aliphatic rings. The van der Waals surface area contributed by atoms with Crippen molar-refractivity contribution < 1.29 is 14.3 Å². The Bertz CT molecular complexity index is 1060. The first-order valence-corrected chi connectivity index (χ1v) is 12.3. The lowest BCUT2D eigenvalue weighted by atomic mass is 10.1. The van der Waals surface area contributed by atoms with Crippen LogP contribution < -0.4 is 15.4 Å². The maximum absolute atomic E-state index is 12.0. The van der Waals surface area contributed by atoms with Crippen molar-refractivity contribution in [2.24, 2.45) is 0 Å². The highest BCUT2D eigenvalue weighted by atomic mass is 32.2. The van der Waals surface area contributed by atoms with Crippen LogP contribution in [0.25, 0.3) is 6.08 Å². The topological polar surface area (TPSA) is 80.3 Å². The molecule has 176 valence electrons. The van der Waals surface area contributed by atoms with E-state index in [9.17, 15) is 9.59 Å². The number of rotatable bonds is 13. The summed E-state index contributed by atoms with van der Waals surface area (Å²) < 4.78 is 5.63. The van der Waals surface area contributed by atoms with Gasteiger partial charge in [-0.25, -0.2) is 0 Å². The minimum atomic E-state index is -0.158. The van der Waals surface area contributed by atoms with E-state index in [0.717, 1.165) is 22.6 Å². The van der Waals surface area contributed by atoms with Crippen molar-refractivity contribution in [2.45, 2.75) is 12.2 Å². The molecule has 0 aliphatic carbocycles. The standard InChI is InChI=1S/C27H29N3O3S/c31-26(12-11-23-9-5-14-28-19-23)29-15-13-22-8-4-10-25(18-22)33-20-27(32)30-16-17-34-21-24-6-2-1-3-7-24/h1-12,14,18-19H,13,15-17,20-21H2,(H,29,31)(H,30,32)/b12-11+. The molecule has 0 fully saturated rings. The maximum atomic E-state index is 12.0. The molecule has 1 aromatic heterocycles. The normalized spacial score (nSPS) is 10.7. The molecule has 2 N–H and O–H groups in total. The third-order valence-electron chi connectivity index (χ3n) is 4.77. The van der Waals surface area contributed by atoms with Crippen LogP contribution in [-0.2, 0) is 21.8 Å². The molecule has 3 aromatic rings. The smallest absolute Gasteiger partial charge is 0.257 e. The van der Waals surface area contributed by atoms with E-state index in [2.05, 4.69) is 27.8 Å². The fraction of sp³-hybridized carbons (Fsp3) is 0.222. The molecule has 1 heterocycles. The maximum Gasteiger partial charge on any atom is 0.257 e. The zero-order valence-electron chi connectivity index (χ0n) is 19.0. The third kappa shape index (κ3) is 9.92. The average molecular weight is 476 g/mol. The van der Waals surface area contributed by atoms with Gasteiger partial charge in [0.25, 0.3) is 5.91 Å². The van der Waals surface area contributed by atoms with Gasteiger partial charge in [-0.1, -0.05) is 48.5 Å². The lowest BCUT2D eigenvalue weighted by molar-refractivity contribution is -0.123. The van der Waals surface area contributed by atoms with Gasteiger partial charge in [-0.15, -0.1) is 0 Å². The molecule has 0 spiro atoms. The van der Waals surface area contributed by atoms with Gasteiger partial charge in [-0.05, 0) is 47.4 Å². The number of hydrogen-bond acceptors (Lipinski definition) is 5. The number of carbonyl (C=O) groups excluding carboxylic acids is 2. The molecule has 2 aromatic carbocycles. The Morgan fingerprint density at radius 1 is 0.941 bits per heavy atom. The van der Waals surface area contributed by atoms with Crippen molar-refractivity contribution in [2.75, 3.05) is 25.4 Å². The Hall–Kier alpha value is -3.58. The van der Waals surface area contributed by atoms with Crippen LogP contribution in [0.1, 0.15) is 16.7 Å². The Morgan fingerprint density at radius 3 is 2.62 bits per heavy atom. The SMILES string of the molecule is O=C(/C=C/c1cccnc1)NCCc1cccc(OCC(=O)NCCSCc2ccccc2)c1. The summed E-state index contributed by atoms with van der Waals surface area (Å²) in [5.74, 6) is 2.11. The molecule has 0 saturated heterocycles. The molecular formula is C27H29N3O3S. The molecule has 0 atom stereocenters. The summed E-state index contributed by atoms with van der Waals surface area (Å²) in [6, 6.07) is 21.5. The fourth-order valence-electron chi connectivity index (χ4n) is 3.05. The van der Waals surface area contributed by atoms with Crippen LogP contribution in [0.4, 0.5) is 0 Å². The van der Waals surface area contributed by atoms with Gasteiger partial charge in [0.15, 0.2) is 6.61 Å². The molecule has 0 unspecified atom stereocenters. The monoisotopic (exact) mass is 475 g/mol. The fourth-order valence-corrected chi connectivity index (χ4v) is 3.87. The van der Waals surface area contributed by atoms with E-state index in [0.29, 0.717) is 25.3 Å². The lowest BCUT2D eigenvalue weighted by Crippen LogP contribution is -2.30. The molecule has 7 heteroatoms. The quantitative estimate of drug-likeness (QED) is 0.290. The second-order valence-electron chi connectivity index (χ2n) is 7.48. The van der Waals surface area contributed by atoms with Gasteiger partial charge < -0.3 is 15.4 Å². The number of carbonyl (C=O) groups is 2. The predicted molar refractivity (Wildman–Crippen MR) is 138 cm³/mol. The molecule has 34 heavy (non-hydrogen) atoms. The van der Waals surface area contributed by atoms with E-state index >= 15 is 0 Å². The van der Waals surface area contributed by atoms with Gasteiger partial charge >= 0.3 is 0 Å². The van der Waals surface area contributed by atoms with Crippen LogP contribution in [0.15, 0.2) is 85.2 Å². The summed E-state index contributed by atoms with van der Waals surface area (Å²) in [4.78, 5) is 28.0. The molecule has 0 radical (unpaired) electrons. The summed E-state index contributed by atoms with van der Waals surface area (Å²) in [6.07, 6.45) is 7.27. The lowest BCUT2D eigenvalue weighted by Gasteiger charge is -2.09. The summed E-state index contributed by atoms with van der Waals surface area (Å²) in [5.41, 5.74) is 3.17. The van der Waals surface area contributed by atoms with Crippen molar-refractivity contribution in [1.82, 2.24) is 15.6 Å². The van der Waals surface area contributed by atoms with E-state index in [4.69, 9.17) is 4.74 Å². The van der Waals surface area contributed by atoms with Crippen LogP contribution in [0.5, 0.6) is 5.75 Å². The first-order chi connectivity index (χ1) is 16.7. The van der Waals surface area contributed by atoms with Crippen LogP contribution in [0.2, 0.25) is 0 Å². The third-order valence-corrected chi connectivity index (χ3v) is 5.80. The Balaban J connectivity index is 1.29. The number of thioether (sulfide) groups is 1. The number of pyridine rings is 1. The molecular weight excluding hydrogens is 446 g/mol. The highest BCUT2D eigenvalue weighted by Crippen LogP contribution is 2.14. The predicted octanol–water partition coefficient (Wildman–Crippen LogP) is 3.88. The van der Waals surface area contributed by atoms with Crippen molar-refractivity contribution >= 4 is 29.7 Å². The summed E-state index contributed by atoms with van der Waals surface area (Å²) in [6.45, 7) is 1.08. The number of nitrogens with one attached hydrogen (secondary N) is 2. The van der Waals surface area contributed by atoms with E-state index in [1.807, 2.05) is 54.6 Å².